The number of benzene rings is 3. The zero-order chi connectivity index (χ0) is 27.3. The van der Waals surface area contributed by atoms with Gasteiger partial charge in [-0.1, -0.05) is 93.6 Å². The van der Waals surface area contributed by atoms with Crippen LogP contribution >= 0.6 is 0 Å². The summed E-state index contributed by atoms with van der Waals surface area (Å²) in [6.07, 6.45) is -4.19. The van der Waals surface area contributed by atoms with E-state index in [-0.39, 0.29) is 48.2 Å². The highest BCUT2D eigenvalue weighted by atomic mass is 19.4. The Hall–Kier alpha value is -2.87. The Morgan fingerprint density at radius 2 is 1.55 bits per heavy atom. The fraction of sp³-hybridized carbons (Fsp3) is 0.419. The lowest BCUT2D eigenvalue weighted by molar-refractivity contribution is -0.274. The maximum Gasteiger partial charge on any atom is 0.573 e. The Labute approximate surface area is 223 Å². The highest BCUT2D eigenvalue weighted by Gasteiger charge is 2.41. The van der Waals surface area contributed by atoms with Crippen molar-refractivity contribution in [1.29, 1.82) is 0 Å². The van der Waals surface area contributed by atoms with Gasteiger partial charge in [-0.2, -0.15) is 0 Å². The molecule has 3 aromatic rings. The zero-order valence-corrected chi connectivity index (χ0v) is 22.1. The summed E-state index contributed by atoms with van der Waals surface area (Å²) in [6, 6.07) is 25.3. The van der Waals surface area contributed by atoms with Gasteiger partial charge in [0.15, 0.2) is 0 Å². The maximum atomic E-state index is 13.2. The summed E-state index contributed by atoms with van der Waals surface area (Å²) in [4.78, 5) is 0. The van der Waals surface area contributed by atoms with Crippen LogP contribution in [0.15, 0.2) is 78.9 Å². The predicted molar refractivity (Wildman–Crippen MR) is 144 cm³/mol. The third-order valence-electron chi connectivity index (χ3n) is 7.37. The van der Waals surface area contributed by atoms with E-state index in [1.807, 2.05) is 57.2 Å². The normalized spacial score (nSPS) is 20.2. The van der Waals surface area contributed by atoms with Crippen LogP contribution in [0.4, 0.5) is 13.2 Å². The molecule has 0 aromatic heterocycles. The minimum absolute atomic E-state index is 0.0189. The molecule has 1 aliphatic rings. The first-order chi connectivity index (χ1) is 18.1. The fourth-order valence-corrected chi connectivity index (χ4v) is 5.46. The van der Waals surface area contributed by atoms with E-state index < -0.39 is 6.36 Å². The first-order valence-corrected chi connectivity index (χ1v) is 13.1. The van der Waals surface area contributed by atoms with Gasteiger partial charge in [-0.25, -0.2) is 0 Å². The standard InChI is InChI=1S/C31H37F3N2O2/c1-30(2,3)25-14-15-26(38-31(32,33)34)24(18-25)20-35-28-23(16-17-37)19-36-29(28)27(21-10-6-4-7-11-21)22-12-8-5-9-13-22/h4-15,18,23,27-29,35-37H,16-17,19-20H2,1-3H3/t23-,28-,29-/m0/s1. The van der Waals surface area contributed by atoms with Gasteiger partial charge in [-0.15, -0.1) is 13.2 Å². The Morgan fingerprint density at radius 3 is 2.08 bits per heavy atom. The molecule has 0 spiro atoms. The molecule has 3 N–H and O–H groups in total. The van der Waals surface area contributed by atoms with Crippen LogP contribution in [0.5, 0.6) is 5.75 Å². The lowest BCUT2D eigenvalue weighted by atomic mass is 9.80. The molecular weight excluding hydrogens is 489 g/mol. The van der Waals surface area contributed by atoms with Gasteiger partial charge in [0.25, 0.3) is 0 Å². The largest absolute Gasteiger partial charge is 0.573 e. The van der Waals surface area contributed by atoms with Gasteiger partial charge in [0.2, 0.25) is 0 Å². The minimum Gasteiger partial charge on any atom is -0.405 e. The number of aliphatic hydroxyl groups is 1. The summed E-state index contributed by atoms with van der Waals surface area (Å²) < 4.78 is 44.1. The maximum absolute atomic E-state index is 13.2. The van der Waals surface area contributed by atoms with Gasteiger partial charge in [0, 0.05) is 36.7 Å². The quantitative estimate of drug-likeness (QED) is 0.313. The van der Waals surface area contributed by atoms with Crippen LogP contribution in [0.25, 0.3) is 0 Å². The van der Waals surface area contributed by atoms with Crippen molar-refractivity contribution >= 4 is 0 Å². The molecule has 1 saturated heterocycles. The molecule has 3 aromatic carbocycles. The number of ether oxygens (including phenoxy) is 1. The summed E-state index contributed by atoms with van der Waals surface area (Å²) >= 11 is 0. The van der Waals surface area contributed by atoms with E-state index in [1.165, 1.54) is 6.07 Å². The topological polar surface area (TPSA) is 53.5 Å². The van der Waals surface area contributed by atoms with E-state index >= 15 is 0 Å². The molecule has 0 amide bonds. The number of nitrogens with one attached hydrogen (secondary N) is 2. The first-order valence-electron chi connectivity index (χ1n) is 13.1. The van der Waals surface area contributed by atoms with Crippen molar-refractivity contribution in [3.63, 3.8) is 0 Å². The van der Waals surface area contributed by atoms with E-state index in [9.17, 15) is 18.3 Å². The van der Waals surface area contributed by atoms with Gasteiger partial charge < -0.3 is 20.5 Å². The molecule has 3 atom stereocenters. The number of hydrogen-bond donors (Lipinski definition) is 3. The minimum atomic E-state index is -4.78. The van der Waals surface area contributed by atoms with Crippen molar-refractivity contribution in [1.82, 2.24) is 10.6 Å². The van der Waals surface area contributed by atoms with E-state index in [2.05, 4.69) is 39.6 Å². The molecule has 4 rings (SSSR count). The second kappa shape index (κ2) is 11.9. The van der Waals surface area contributed by atoms with E-state index in [0.717, 1.165) is 16.7 Å². The smallest absolute Gasteiger partial charge is 0.405 e. The molecule has 1 heterocycles. The molecule has 7 heteroatoms. The van der Waals surface area contributed by atoms with Crippen molar-refractivity contribution in [2.75, 3.05) is 13.2 Å². The summed E-state index contributed by atoms with van der Waals surface area (Å²) in [5.74, 6) is -0.0648. The van der Waals surface area contributed by atoms with E-state index in [1.54, 1.807) is 12.1 Å². The van der Waals surface area contributed by atoms with E-state index in [4.69, 9.17) is 0 Å². The third-order valence-corrected chi connectivity index (χ3v) is 7.37. The molecule has 4 nitrogen and oxygen atoms in total. The first kappa shape index (κ1) is 28.1. The van der Waals surface area contributed by atoms with Crippen molar-refractivity contribution in [3.8, 4) is 5.75 Å². The molecule has 0 unspecified atom stereocenters. The number of alkyl halides is 3. The van der Waals surface area contributed by atoms with Crippen molar-refractivity contribution < 1.29 is 23.0 Å². The molecule has 0 saturated carbocycles. The molecule has 0 bridgehead atoms. The second-order valence-corrected chi connectivity index (χ2v) is 11.0. The lowest BCUT2D eigenvalue weighted by Crippen LogP contribution is -2.46. The fourth-order valence-electron chi connectivity index (χ4n) is 5.46. The Kier molecular flexibility index (Phi) is 8.81. The molecule has 1 fully saturated rings. The molecule has 38 heavy (non-hydrogen) atoms. The van der Waals surface area contributed by atoms with Crippen molar-refractivity contribution in [2.45, 2.75) is 63.5 Å². The predicted octanol–water partition coefficient (Wildman–Crippen LogP) is 6.14. The summed E-state index contributed by atoms with van der Waals surface area (Å²) in [7, 11) is 0. The van der Waals surface area contributed by atoms with Crippen molar-refractivity contribution in [3.05, 3.63) is 101 Å². The number of aliphatic hydroxyl groups excluding tert-OH is 1. The monoisotopic (exact) mass is 526 g/mol. The van der Waals surface area contributed by atoms with Gasteiger partial charge in [-0.3, -0.25) is 0 Å². The van der Waals surface area contributed by atoms with Gasteiger partial charge in [-0.05, 0) is 47.1 Å². The number of hydrogen-bond acceptors (Lipinski definition) is 4. The van der Waals surface area contributed by atoms with Gasteiger partial charge in [0.1, 0.15) is 5.75 Å². The molecule has 0 radical (unpaired) electrons. The summed E-state index contributed by atoms with van der Waals surface area (Å²) in [5.41, 5.74) is 3.48. The number of rotatable bonds is 9. The lowest BCUT2D eigenvalue weighted by Gasteiger charge is -2.33. The molecular formula is C31H37F3N2O2. The third kappa shape index (κ3) is 6.95. The van der Waals surface area contributed by atoms with Crippen LogP contribution in [0.3, 0.4) is 0 Å². The van der Waals surface area contributed by atoms with Crippen LogP contribution in [-0.2, 0) is 12.0 Å². The second-order valence-electron chi connectivity index (χ2n) is 11.0. The Bertz CT molecular complexity index is 1120. The van der Waals surface area contributed by atoms with Crippen molar-refractivity contribution in [2.24, 2.45) is 5.92 Å². The average Bonchev–Trinajstić information content (AvgIpc) is 3.25. The highest BCUT2D eigenvalue weighted by Crippen LogP contribution is 2.36. The van der Waals surface area contributed by atoms with E-state index in [0.29, 0.717) is 18.5 Å². The zero-order valence-electron chi connectivity index (χ0n) is 22.1. The average molecular weight is 527 g/mol. The van der Waals surface area contributed by atoms with Crippen LogP contribution in [0.2, 0.25) is 0 Å². The van der Waals surface area contributed by atoms with Gasteiger partial charge >= 0.3 is 6.36 Å². The van der Waals surface area contributed by atoms with Crippen LogP contribution < -0.4 is 15.4 Å². The highest BCUT2D eigenvalue weighted by molar-refractivity contribution is 5.40. The Balaban J connectivity index is 1.68. The van der Waals surface area contributed by atoms with Crippen LogP contribution in [-0.4, -0.2) is 36.7 Å². The molecule has 204 valence electrons. The molecule has 0 aliphatic carbocycles. The number of halogens is 3. The summed E-state index contributed by atoms with van der Waals surface area (Å²) in [5, 5.41) is 17.1. The molecule has 1 aliphatic heterocycles. The van der Waals surface area contributed by atoms with Crippen LogP contribution in [0.1, 0.15) is 55.4 Å². The SMILES string of the molecule is CC(C)(C)c1ccc(OC(F)(F)F)c(CN[C@H]2[C@@H](CCO)CN[C@H]2C(c2ccccc2)c2ccccc2)c1. The van der Waals surface area contributed by atoms with Crippen LogP contribution in [0, 0.1) is 5.92 Å². The Morgan fingerprint density at radius 1 is 0.947 bits per heavy atom. The van der Waals surface area contributed by atoms with Gasteiger partial charge in [0.05, 0.1) is 0 Å². The summed E-state index contributed by atoms with van der Waals surface area (Å²) in [6.45, 7) is 7.04.